The molecule has 1 aliphatic rings. The van der Waals surface area contributed by atoms with Crippen LogP contribution in [0.25, 0.3) is 0 Å². The Morgan fingerprint density at radius 1 is 1.04 bits per heavy atom. The summed E-state index contributed by atoms with van der Waals surface area (Å²) in [7, 11) is 0. The second-order valence-electron chi connectivity index (χ2n) is 6.49. The van der Waals surface area contributed by atoms with Crippen molar-refractivity contribution < 1.29 is 9.90 Å². The predicted molar refractivity (Wildman–Crippen MR) is 106 cm³/mol. The number of para-hydroxylation sites is 2. The number of unbranched alkanes of at least 4 members (excludes halogenated alkanes) is 2. The summed E-state index contributed by atoms with van der Waals surface area (Å²) in [5.74, 6) is -0.395. The van der Waals surface area contributed by atoms with E-state index in [4.69, 9.17) is 5.11 Å². The van der Waals surface area contributed by atoms with Crippen LogP contribution in [0.15, 0.2) is 71.4 Å². The lowest BCUT2D eigenvalue weighted by molar-refractivity contribution is -0.137. The van der Waals surface area contributed by atoms with Crippen molar-refractivity contribution in [1.29, 1.82) is 0 Å². The highest BCUT2D eigenvalue weighted by Gasteiger charge is 2.25. The summed E-state index contributed by atoms with van der Waals surface area (Å²) in [6.07, 6.45) is 7.86. The molecule has 2 aromatic carbocycles. The maximum absolute atomic E-state index is 10.6. The van der Waals surface area contributed by atoms with Crippen molar-refractivity contribution in [3.05, 3.63) is 71.9 Å². The van der Waals surface area contributed by atoms with E-state index in [1.807, 2.05) is 42.6 Å². The Kier molecular flexibility index (Phi) is 6.20. The molecule has 0 fully saturated rings. The number of aliphatic imine (C=N–C) groups is 1. The smallest absolute Gasteiger partial charge is 0.303 e. The number of fused-ring (bicyclic) bond motifs is 1. The van der Waals surface area contributed by atoms with Gasteiger partial charge in [-0.15, -0.1) is 0 Å². The van der Waals surface area contributed by atoms with Crippen LogP contribution in [0.3, 0.4) is 0 Å². The average Bonchev–Trinajstić information content (AvgIpc) is 3.00. The molecule has 4 nitrogen and oxygen atoms in total. The van der Waals surface area contributed by atoms with Crippen LogP contribution in [0.1, 0.15) is 43.6 Å². The van der Waals surface area contributed by atoms with Crippen LogP contribution >= 0.6 is 0 Å². The van der Waals surface area contributed by atoms with E-state index < -0.39 is 5.97 Å². The van der Waals surface area contributed by atoms with Crippen molar-refractivity contribution in [3.63, 3.8) is 0 Å². The first-order valence-electron chi connectivity index (χ1n) is 9.11. The van der Waals surface area contributed by atoms with E-state index in [9.17, 15) is 4.79 Å². The van der Waals surface area contributed by atoms with Crippen molar-refractivity contribution in [3.8, 4) is 0 Å². The van der Waals surface area contributed by atoms with E-state index in [1.54, 1.807) is 0 Å². The fraction of sp³-hybridized carbons (Fsp3) is 0.273. The second-order valence-corrected chi connectivity index (χ2v) is 6.49. The number of anilines is 1. The Balaban J connectivity index is 1.66. The molecule has 2 N–H and O–H groups in total. The molecule has 1 heterocycles. The molecule has 2 aromatic rings. The first kappa shape index (κ1) is 17.9. The summed E-state index contributed by atoms with van der Waals surface area (Å²) < 4.78 is 0. The van der Waals surface area contributed by atoms with E-state index in [0.717, 1.165) is 42.8 Å². The zero-order valence-corrected chi connectivity index (χ0v) is 14.8. The average molecular weight is 348 g/mol. The van der Waals surface area contributed by atoms with Crippen molar-refractivity contribution in [2.75, 3.05) is 5.32 Å². The predicted octanol–water partition coefficient (Wildman–Crippen LogP) is 5.52. The topological polar surface area (TPSA) is 61.7 Å². The van der Waals surface area contributed by atoms with E-state index in [1.165, 1.54) is 5.56 Å². The number of hydrogen-bond donors (Lipinski definition) is 2. The monoisotopic (exact) mass is 348 g/mol. The van der Waals surface area contributed by atoms with Crippen LogP contribution < -0.4 is 5.32 Å². The van der Waals surface area contributed by atoms with Gasteiger partial charge in [0, 0.05) is 29.9 Å². The molecule has 0 radical (unpaired) electrons. The molecule has 0 saturated heterocycles. The zero-order chi connectivity index (χ0) is 18.2. The van der Waals surface area contributed by atoms with Gasteiger partial charge in [-0.25, -0.2) is 0 Å². The van der Waals surface area contributed by atoms with Crippen molar-refractivity contribution in [1.82, 2.24) is 0 Å². The minimum absolute atomic E-state index is 0.256. The molecule has 1 atom stereocenters. The molecule has 0 amide bonds. The molecular formula is C22H24N2O2. The highest BCUT2D eigenvalue weighted by atomic mass is 16.4. The maximum Gasteiger partial charge on any atom is 0.303 e. The largest absolute Gasteiger partial charge is 0.481 e. The van der Waals surface area contributed by atoms with Crippen LogP contribution in [0.5, 0.6) is 0 Å². The van der Waals surface area contributed by atoms with Gasteiger partial charge in [0.2, 0.25) is 0 Å². The summed E-state index contributed by atoms with van der Waals surface area (Å²) >= 11 is 0. The zero-order valence-electron chi connectivity index (χ0n) is 14.8. The van der Waals surface area contributed by atoms with Crippen molar-refractivity contribution in [2.45, 2.75) is 38.0 Å². The van der Waals surface area contributed by atoms with Crippen molar-refractivity contribution in [2.24, 2.45) is 4.99 Å². The van der Waals surface area contributed by atoms with E-state index in [0.29, 0.717) is 5.92 Å². The number of nitrogens with zero attached hydrogens (tertiary/aromatic N) is 1. The molecule has 0 aliphatic carbocycles. The van der Waals surface area contributed by atoms with Crippen LogP contribution in [0.2, 0.25) is 0 Å². The molecule has 1 aliphatic heterocycles. The van der Waals surface area contributed by atoms with Crippen LogP contribution in [-0.4, -0.2) is 17.3 Å². The highest BCUT2D eigenvalue weighted by molar-refractivity contribution is 5.79. The number of hydrogen-bond acceptors (Lipinski definition) is 3. The lowest BCUT2D eigenvalue weighted by atomic mass is 9.92. The van der Waals surface area contributed by atoms with E-state index >= 15 is 0 Å². The van der Waals surface area contributed by atoms with Gasteiger partial charge in [0.15, 0.2) is 0 Å². The number of carboxylic acid groups (broad SMARTS) is 1. The molecule has 0 saturated carbocycles. The number of allylic oxidation sites excluding steroid dienone is 2. The maximum atomic E-state index is 10.6. The summed E-state index contributed by atoms with van der Waals surface area (Å²) in [6, 6.07) is 18.3. The number of benzene rings is 2. The third kappa shape index (κ3) is 4.82. The lowest BCUT2D eigenvalue weighted by Gasteiger charge is -2.12. The molecule has 26 heavy (non-hydrogen) atoms. The third-order valence-electron chi connectivity index (χ3n) is 4.61. The summed E-state index contributed by atoms with van der Waals surface area (Å²) in [5, 5.41) is 12.3. The Morgan fingerprint density at radius 3 is 2.62 bits per heavy atom. The van der Waals surface area contributed by atoms with Crippen molar-refractivity contribution >= 4 is 23.6 Å². The van der Waals surface area contributed by atoms with Crippen LogP contribution in [0, 0.1) is 0 Å². The lowest BCUT2D eigenvalue weighted by Crippen LogP contribution is -2.01. The molecule has 134 valence electrons. The molecule has 0 spiro atoms. The normalized spacial score (nSPS) is 17.4. The Bertz CT molecular complexity index is 797. The standard InChI is InChI=1S/C22H24N2O2/c25-22(26)14-6-2-5-11-19-18-12-7-8-13-20(18)24-21(19)15-16-23-17-9-3-1-4-10-17/h1,3-4,7-10,12-13,15-16,19,24H,2,5-6,11,14H2,(H,25,26)/b21-15-,23-16?. The van der Waals surface area contributed by atoms with Gasteiger partial charge in [0.25, 0.3) is 0 Å². The van der Waals surface area contributed by atoms with E-state index in [2.05, 4.69) is 34.6 Å². The van der Waals surface area contributed by atoms with Gasteiger partial charge in [-0.2, -0.15) is 0 Å². The van der Waals surface area contributed by atoms with Gasteiger partial charge in [0.1, 0.15) is 0 Å². The fourth-order valence-electron chi connectivity index (χ4n) is 3.31. The van der Waals surface area contributed by atoms with Gasteiger partial charge in [-0.3, -0.25) is 9.79 Å². The molecule has 3 rings (SSSR count). The van der Waals surface area contributed by atoms with Crippen LogP contribution in [0.4, 0.5) is 11.4 Å². The molecule has 0 bridgehead atoms. The summed E-state index contributed by atoms with van der Waals surface area (Å²) in [5.41, 5.74) is 4.56. The van der Waals surface area contributed by atoms with E-state index in [-0.39, 0.29) is 6.42 Å². The minimum atomic E-state index is -0.712. The highest BCUT2D eigenvalue weighted by Crippen LogP contribution is 2.41. The first-order valence-corrected chi connectivity index (χ1v) is 9.11. The van der Waals surface area contributed by atoms with Gasteiger partial charge >= 0.3 is 5.97 Å². The van der Waals surface area contributed by atoms with Gasteiger partial charge < -0.3 is 10.4 Å². The second kappa shape index (κ2) is 8.99. The quantitative estimate of drug-likeness (QED) is 0.488. The van der Waals surface area contributed by atoms with Gasteiger partial charge in [-0.1, -0.05) is 49.2 Å². The molecule has 0 aromatic heterocycles. The number of carboxylic acids is 1. The van der Waals surface area contributed by atoms with Gasteiger partial charge in [-0.05, 0) is 42.7 Å². The molecule has 4 heteroatoms. The fourth-order valence-corrected chi connectivity index (χ4v) is 3.31. The number of carbonyl (C=O) groups is 1. The number of rotatable bonds is 8. The summed E-state index contributed by atoms with van der Waals surface area (Å²) in [4.78, 5) is 15.1. The van der Waals surface area contributed by atoms with Crippen LogP contribution in [-0.2, 0) is 4.79 Å². The Hall–Kier alpha value is -2.88. The Labute approximate surface area is 154 Å². The SMILES string of the molecule is O=C(O)CCCCCC1/C(=C/C=Nc2ccccc2)Nc2ccccc21. The van der Waals surface area contributed by atoms with Gasteiger partial charge in [0.05, 0.1) is 5.69 Å². The number of nitrogens with one attached hydrogen (secondary N) is 1. The third-order valence-corrected chi connectivity index (χ3v) is 4.61. The number of aliphatic carboxylic acids is 1. The molecular weight excluding hydrogens is 324 g/mol. The minimum Gasteiger partial charge on any atom is -0.481 e. The first-order chi connectivity index (χ1) is 12.7. The molecule has 1 unspecified atom stereocenters. The summed E-state index contributed by atoms with van der Waals surface area (Å²) in [6.45, 7) is 0. The Morgan fingerprint density at radius 2 is 1.81 bits per heavy atom.